The van der Waals surface area contributed by atoms with Crippen molar-refractivity contribution in [1.29, 1.82) is 0 Å². The SMILES string of the molecule is Cc1cc(S(=O)(=O)NCC2CCOC2C)sc1CN. The van der Waals surface area contributed by atoms with Crippen molar-refractivity contribution in [3.05, 3.63) is 16.5 Å². The lowest BCUT2D eigenvalue weighted by atomic mass is 10.0. The second kappa shape index (κ2) is 5.88. The summed E-state index contributed by atoms with van der Waals surface area (Å²) < 4.78 is 32.8. The summed E-state index contributed by atoms with van der Waals surface area (Å²) in [5.41, 5.74) is 6.51. The molecule has 3 N–H and O–H groups in total. The molecule has 0 aliphatic carbocycles. The number of hydrogen-bond donors (Lipinski definition) is 2. The van der Waals surface area contributed by atoms with E-state index in [0.717, 1.165) is 16.9 Å². The van der Waals surface area contributed by atoms with Crippen molar-refractivity contribution in [3.63, 3.8) is 0 Å². The Morgan fingerprint density at radius 1 is 1.58 bits per heavy atom. The fourth-order valence-electron chi connectivity index (χ4n) is 2.16. The van der Waals surface area contributed by atoms with Crippen LogP contribution in [-0.2, 0) is 21.3 Å². The number of thiophene rings is 1. The first-order valence-electron chi connectivity index (χ1n) is 6.34. The summed E-state index contributed by atoms with van der Waals surface area (Å²) in [6, 6.07) is 1.68. The highest BCUT2D eigenvalue weighted by Gasteiger charge is 2.26. The highest BCUT2D eigenvalue weighted by atomic mass is 32.2. The highest BCUT2D eigenvalue weighted by Crippen LogP contribution is 2.26. The zero-order chi connectivity index (χ0) is 14.0. The van der Waals surface area contributed by atoms with Crippen molar-refractivity contribution in [2.45, 2.75) is 37.1 Å². The average Bonchev–Trinajstić information content (AvgIpc) is 2.93. The third-order valence-electron chi connectivity index (χ3n) is 3.52. The van der Waals surface area contributed by atoms with Crippen LogP contribution in [0.1, 0.15) is 23.8 Å². The molecule has 1 aliphatic heterocycles. The average molecular weight is 304 g/mol. The van der Waals surface area contributed by atoms with E-state index in [1.807, 2.05) is 13.8 Å². The van der Waals surface area contributed by atoms with E-state index in [2.05, 4.69) is 4.72 Å². The second-order valence-electron chi connectivity index (χ2n) is 4.85. The van der Waals surface area contributed by atoms with Gasteiger partial charge in [-0.25, -0.2) is 13.1 Å². The van der Waals surface area contributed by atoms with Gasteiger partial charge in [0.25, 0.3) is 0 Å². The third-order valence-corrected chi connectivity index (χ3v) is 6.67. The van der Waals surface area contributed by atoms with Crippen LogP contribution in [0.2, 0.25) is 0 Å². The quantitative estimate of drug-likeness (QED) is 0.857. The number of rotatable bonds is 5. The van der Waals surface area contributed by atoms with Gasteiger partial charge >= 0.3 is 0 Å². The summed E-state index contributed by atoms with van der Waals surface area (Å²) in [7, 11) is -3.43. The first-order valence-corrected chi connectivity index (χ1v) is 8.64. The Kier molecular flexibility index (Phi) is 4.62. The maximum Gasteiger partial charge on any atom is 0.250 e. The number of nitrogens with one attached hydrogen (secondary N) is 1. The van der Waals surface area contributed by atoms with E-state index in [-0.39, 0.29) is 12.0 Å². The van der Waals surface area contributed by atoms with Crippen molar-refractivity contribution in [3.8, 4) is 0 Å². The van der Waals surface area contributed by atoms with Crippen LogP contribution in [0, 0.1) is 12.8 Å². The Balaban J connectivity index is 2.05. The maximum absolute atomic E-state index is 12.2. The van der Waals surface area contributed by atoms with Gasteiger partial charge < -0.3 is 10.5 Å². The molecule has 2 unspecified atom stereocenters. The van der Waals surface area contributed by atoms with E-state index in [1.54, 1.807) is 6.07 Å². The molecular formula is C12H20N2O3S2. The van der Waals surface area contributed by atoms with Gasteiger partial charge in [-0.2, -0.15) is 0 Å². The minimum absolute atomic E-state index is 0.118. The van der Waals surface area contributed by atoms with Gasteiger partial charge in [-0.05, 0) is 31.9 Å². The van der Waals surface area contributed by atoms with Gasteiger partial charge in [0.2, 0.25) is 10.0 Å². The van der Waals surface area contributed by atoms with Crippen LogP contribution in [0.5, 0.6) is 0 Å². The molecule has 108 valence electrons. The number of aryl methyl sites for hydroxylation is 1. The molecule has 0 spiro atoms. The second-order valence-corrected chi connectivity index (χ2v) is 7.98. The van der Waals surface area contributed by atoms with Crippen molar-refractivity contribution in [2.75, 3.05) is 13.2 Å². The van der Waals surface area contributed by atoms with Crippen LogP contribution >= 0.6 is 11.3 Å². The lowest BCUT2D eigenvalue weighted by Gasteiger charge is -2.14. The van der Waals surface area contributed by atoms with Gasteiger partial charge in [0.05, 0.1) is 6.10 Å². The van der Waals surface area contributed by atoms with E-state index >= 15 is 0 Å². The Bertz CT molecular complexity index is 539. The lowest BCUT2D eigenvalue weighted by Crippen LogP contribution is -2.31. The van der Waals surface area contributed by atoms with Crippen molar-refractivity contribution >= 4 is 21.4 Å². The van der Waals surface area contributed by atoms with Crippen LogP contribution in [0.15, 0.2) is 10.3 Å². The van der Waals surface area contributed by atoms with Gasteiger partial charge in [-0.15, -0.1) is 11.3 Å². The molecular weight excluding hydrogens is 284 g/mol. The first-order chi connectivity index (χ1) is 8.94. The van der Waals surface area contributed by atoms with E-state index in [9.17, 15) is 8.42 Å². The first kappa shape index (κ1) is 14.9. The summed E-state index contributed by atoms with van der Waals surface area (Å²) in [6.45, 7) is 5.37. The molecule has 0 radical (unpaired) electrons. The normalized spacial score (nSPS) is 23.9. The van der Waals surface area contributed by atoms with Crippen molar-refractivity contribution in [2.24, 2.45) is 11.7 Å². The molecule has 2 rings (SSSR count). The minimum atomic E-state index is -3.43. The largest absolute Gasteiger partial charge is 0.378 e. The van der Waals surface area contributed by atoms with E-state index in [4.69, 9.17) is 10.5 Å². The third kappa shape index (κ3) is 3.35. The van der Waals surface area contributed by atoms with Gasteiger partial charge in [0.1, 0.15) is 4.21 Å². The van der Waals surface area contributed by atoms with Crippen LogP contribution in [-0.4, -0.2) is 27.7 Å². The predicted octanol–water partition coefficient (Wildman–Crippen LogP) is 1.22. The summed E-state index contributed by atoms with van der Waals surface area (Å²) >= 11 is 1.24. The van der Waals surface area contributed by atoms with Crippen LogP contribution in [0.4, 0.5) is 0 Å². The molecule has 19 heavy (non-hydrogen) atoms. The van der Waals surface area contributed by atoms with Gasteiger partial charge in [0, 0.05) is 30.5 Å². The number of sulfonamides is 1. The Morgan fingerprint density at radius 3 is 2.84 bits per heavy atom. The zero-order valence-corrected chi connectivity index (χ0v) is 12.8. The fourth-order valence-corrected chi connectivity index (χ4v) is 4.76. The maximum atomic E-state index is 12.2. The van der Waals surface area contributed by atoms with Crippen molar-refractivity contribution in [1.82, 2.24) is 4.72 Å². The van der Waals surface area contributed by atoms with Crippen LogP contribution in [0.3, 0.4) is 0 Å². The van der Waals surface area contributed by atoms with Crippen molar-refractivity contribution < 1.29 is 13.2 Å². The summed E-state index contributed by atoms with van der Waals surface area (Å²) in [5.74, 6) is 0.254. The van der Waals surface area contributed by atoms with Gasteiger partial charge in [-0.3, -0.25) is 0 Å². The molecule has 0 saturated carbocycles. The summed E-state index contributed by atoms with van der Waals surface area (Å²) in [5, 5.41) is 0. The Labute approximate surface area is 118 Å². The Hall–Kier alpha value is -0.470. The molecule has 1 aliphatic rings. The van der Waals surface area contributed by atoms with Gasteiger partial charge in [-0.1, -0.05) is 0 Å². The van der Waals surface area contributed by atoms with E-state index < -0.39 is 10.0 Å². The molecule has 2 heterocycles. The molecule has 1 aromatic heterocycles. The minimum Gasteiger partial charge on any atom is -0.378 e. The summed E-state index contributed by atoms with van der Waals surface area (Å²) in [4.78, 5) is 0.915. The van der Waals surface area contributed by atoms with E-state index in [1.165, 1.54) is 11.3 Å². The smallest absolute Gasteiger partial charge is 0.250 e. The topological polar surface area (TPSA) is 81.4 Å². The molecule has 5 nitrogen and oxygen atoms in total. The van der Waals surface area contributed by atoms with E-state index in [0.29, 0.717) is 23.9 Å². The molecule has 0 aromatic carbocycles. The highest BCUT2D eigenvalue weighted by molar-refractivity contribution is 7.91. The lowest BCUT2D eigenvalue weighted by molar-refractivity contribution is 0.107. The summed E-state index contributed by atoms with van der Waals surface area (Å²) in [6.07, 6.45) is 1.02. The zero-order valence-electron chi connectivity index (χ0n) is 11.2. The molecule has 0 amide bonds. The Morgan fingerprint density at radius 2 is 2.32 bits per heavy atom. The number of nitrogens with two attached hydrogens (primary N) is 1. The molecule has 1 aromatic rings. The van der Waals surface area contributed by atoms with Crippen LogP contribution < -0.4 is 10.5 Å². The molecule has 2 atom stereocenters. The van der Waals surface area contributed by atoms with Gasteiger partial charge in [0.15, 0.2) is 0 Å². The van der Waals surface area contributed by atoms with Crippen LogP contribution in [0.25, 0.3) is 0 Å². The standard InChI is InChI=1S/C12H20N2O3S2/c1-8-5-12(18-11(8)6-13)19(15,16)14-7-10-3-4-17-9(10)2/h5,9-10,14H,3-4,6-7,13H2,1-2H3. The monoisotopic (exact) mass is 304 g/mol. The molecule has 7 heteroatoms. The fraction of sp³-hybridized carbons (Fsp3) is 0.667. The molecule has 1 fully saturated rings. The predicted molar refractivity (Wildman–Crippen MR) is 75.7 cm³/mol. The molecule has 0 bridgehead atoms. The molecule has 1 saturated heterocycles. The number of hydrogen-bond acceptors (Lipinski definition) is 5. The number of ether oxygens (including phenoxy) is 1.